The van der Waals surface area contributed by atoms with E-state index >= 15 is 0 Å². The molecule has 138 valence electrons. The Morgan fingerprint density at radius 2 is 1.74 bits per heavy atom. The van der Waals surface area contributed by atoms with Gasteiger partial charge in [-0.3, -0.25) is 4.79 Å². The first-order valence-corrected chi connectivity index (χ1v) is 9.14. The van der Waals surface area contributed by atoms with Crippen LogP contribution in [-0.4, -0.2) is 22.4 Å². The maximum atomic E-state index is 12.3. The summed E-state index contributed by atoms with van der Waals surface area (Å²) in [6.07, 6.45) is 2.37. The van der Waals surface area contributed by atoms with Gasteiger partial charge in [0.1, 0.15) is 5.69 Å². The molecule has 2 N–H and O–H groups in total. The van der Waals surface area contributed by atoms with E-state index in [4.69, 9.17) is 0 Å². The lowest BCUT2D eigenvalue weighted by Crippen LogP contribution is -2.26. The molecule has 1 amide bonds. The van der Waals surface area contributed by atoms with E-state index < -0.39 is 0 Å². The van der Waals surface area contributed by atoms with Gasteiger partial charge in [0, 0.05) is 18.4 Å². The van der Waals surface area contributed by atoms with E-state index in [0.29, 0.717) is 24.1 Å². The summed E-state index contributed by atoms with van der Waals surface area (Å²) in [5, 5.41) is 6.05. The molecule has 0 radical (unpaired) electrons. The molecule has 0 saturated heterocycles. The summed E-state index contributed by atoms with van der Waals surface area (Å²) in [5.74, 6) is 0.688. The van der Waals surface area contributed by atoms with Crippen LogP contribution in [0.5, 0.6) is 0 Å². The molecule has 5 nitrogen and oxygen atoms in total. The quantitative estimate of drug-likeness (QED) is 0.659. The molecule has 0 aliphatic carbocycles. The Labute approximate surface area is 159 Å². The molecule has 0 aliphatic rings. The molecule has 0 aliphatic heterocycles. The van der Waals surface area contributed by atoms with Gasteiger partial charge in [-0.1, -0.05) is 56.3 Å². The van der Waals surface area contributed by atoms with Crippen molar-refractivity contribution >= 4 is 17.5 Å². The van der Waals surface area contributed by atoms with E-state index in [1.807, 2.05) is 42.5 Å². The lowest BCUT2D eigenvalue weighted by atomic mass is 10.0. The van der Waals surface area contributed by atoms with Gasteiger partial charge in [0.15, 0.2) is 0 Å². The number of carbonyl (C=O) groups excluding carboxylic acids is 1. The monoisotopic (exact) mass is 360 g/mol. The molecule has 3 rings (SSSR count). The second-order valence-electron chi connectivity index (χ2n) is 6.66. The molecule has 0 unspecified atom stereocenters. The molecule has 3 aromatic rings. The number of aromatic nitrogens is 2. The lowest BCUT2D eigenvalue weighted by Gasteiger charge is -2.09. The van der Waals surface area contributed by atoms with Crippen molar-refractivity contribution in [1.29, 1.82) is 0 Å². The molecule has 0 atom stereocenters. The Kier molecular flexibility index (Phi) is 6.15. The van der Waals surface area contributed by atoms with Crippen molar-refractivity contribution in [2.45, 2.75) is 26.2 Å². The molecule has 27 heavy (non-hydrogen) atoms. The second-order valence-corrected chi connectivity index (χ2v) is 6.66. The SMILES string of the molecule is CC(C)c1ccc(Nc2nccc(C(=O)NCCc3ccccc3)n2)cc1. The molecule has 0 saturated carbocycles. The van der Waals surface area contributed by atoms with Gasteiger partial charge in [-0.05, 0) is 41.7 Å². The average molecular weight is 360 g/mol. The van der Waals surface area contributed by atoms with Gasteiger partial charge in [-0.2, -0.15) is 0 Å². The Bertz CT molecular complexity index is 876. The fourth-order valence-electron chi connectivity index (χ4n) is 2.68. The second kappa shape index (κ2) is 8.94. The summed E-state index contributed by atoms with van der Waals surface area (Å²) in [4.78, 5) is 20.8. The summed E-state index contributed by atoms with van der Waals surface area (Å²) < 4.78 is 0. The van der Waals surface area contributed by atoms with Gasteiger partial charge in [0.05, 0.1) is 0 Å². The standard InChI is InChI=1S/C22H24N4O/c1-16(2)18-8-10-19(11-9-18)25-22-24-15-13-20(26-22)21(27)23-14-12-17-6-4-3-5-7-17/h3-11,13,15-16H,12,14H2,1-2H3,(H,23,27)(H,24,25,26). The van der Waals surface area contributed by atoms with Crippen molar-refractivity contribution in [3.8, 4) is 0 Å². The van der Waals surface area contributed by atoms with Crippen molar-refractivity contribution in [2.24, 2.45) is 0 Å². The Morgan fingerprint density at radius 3 is 2.44 bits per heavy atom. The van der Waals surface area contributed by atoms with Gasteiger partial charge in [-0.15, -0.1) is 0 Å². The van der Waals surface area contributed by atoms with Gasteiger partial charge in [0.25, 0.3) is 5.91 Å². The summed E-state index contributed by atoms with van der Waals surface area (Å²) in [5.41, 5.74) is 3.70. The van der Waals surface area contributed by atoms with Crippen LogP contribution in [0.1, 0.15) is 41.4 Å². The third kappa shape index (κ3) is 5.38. The number of benzene rings is 2. The number of anilines is 2. The minimum absolute atomic E-state index is 0.202. The first-order valence-electron chi connectivity index (χ1n) is 9.14. The van der Waals surface area contributed by atoms with Crippen LogP contribution in [0.15, 0.2) is 66.9 Å². The van der Waals surface area contributed by atoms with E-state index in [2.05, 4.69) is 46.6 Å². The van der Waals surface area contributed by atoms with Crippen molar-refractivity contribution in [1.82, 2.24) is 15.3 Å². The van der Waals surface area contributed by atoms with Crippen LogP contribution in [0, 0.1) is 0 Å². The van der Waals surface area contributed by atoms with Crippen LogP contribution in [0.3, 0.4) is 0 Å². The molecule has 1 heterocycles. The van der Waals surface area contributed by atoms with Crippen LogP contribution in [-0.2, 0) is 6.42 Å². The van der Waals surface area contributed by atoms with Gasteiger partial charge in [0.2, 0.25) is 5.95 Å². The van der Waals surface area contributed by atoms with E-state index in [9.17, 15) is 4.79 Å². The highest BCUT2D eigenvalue weighted by molar-refractivity contribution is 5.92. The van der Waals surface area contributed by atoms with Crippen LogP contribution in [0.4, 0.5) is 11.6 Å². The van der Waals surface area contributed by atoms with E-state index in [-0.39, 0.29) is 5.91 Å². The Balaban J connectivity index is 1.58. The third-order valence-electron chi connectivity index (χ3n) is 4.26. The van der Waals surface area contributed by atoms with Gasteiger partial charge >= 0.3 is 0 Å². The zero-order chi connectivity index (χ0) is 19.1. The molecule has 2 aromatic carbocycles. The summed E-state index contributed by atoms with van der Waals surface area (Å²) in [6, 6.07) is 19.8. The number of nitrogens with zero attached hydrogens (tertiary/aromatic N) is 2. The number of nitrogens with one attached hydrogen (secondary N) is 2. The molecule has 0 spiro atoms. The molecular weight excluding hydrogens is 336 g/mol. The van der Waals surface area contributed by atoms with Crippen LogP contribution < -0.4 is 10.6 Å². The predicted octanol–water partition coefficient (Wildman–Crippen LogP) is 4.32. The van der Waals surface area contributed by atoms with Crippen LogP contribution in [0.25, 0.3) is 0 Å². The van der Waals surface area contributed by atoms with Crippen LogP contribution in [0.2, 0.25) is 0 Å². The molecular formula is C22H24N4O. The first-order chi connectivity index (χ1) is 13.1. The van der Waals surface area contributed by atoms with Gasteiger partial charge < -0.3 is 10.6 Å². The fourth-order valence-corrected chi connectivity index (χ4v) is 2.68. The van der Waals surface area contributed by atoms with E-state index in [1.165, 1.54) is 11.1 Å². The van der Waals surface area contributed by atoms with Crippen molar-refractivity contribution in [3.63, 3.8) is 0 Å². The topological polar surface area (TPSA) is 66.9 Å². The maximum Gasteiger partial charge on any atom is 0.270 e. The third-order valence-corrected chi connectivity index (χ3v) is 4.26. The normalized spacial score (nSPS) is 10.6. The molecule has 0 fully saturated rings. The Hall–Kier alpha value is -3.21. The summed E-state index contributed by atoms with van der Waals surface area (Å²) in [7, 11) is 0. The number of hydrogen-bond donors (Lipinski definition) is 2. The molecule has 1 aromatic heterocycles. The fraction of sp³-hybridized carbons (Fsp3) is 0.227. The molecule has 5 heteroatoms. The maximum absolute atomic E-state index is 12.3. The lowest BCUT2D eigenvalue weighted by molar-refractivity contribution is 0.0949. The minimum atomic E-state index is -0.202. The number of rotatable bonds is 7. The van der Waals surface area contributed by atoms with Crippen LogP contribution >= 0.6 is 0 Å². The van der Waals surface area contributed by atoms with Crippen molar-refractivity contribution in [3.05, 3.63) is 83.7 Å². The van der Waals surface area contributed by atoms with E-state index in [1.54, 1.807) is 12.3 Å². The summed E-state index contributed by atoms with van der Waals surface area (Å²) in [6.45, 7) is 4.88. The largest absolute Gasteiger partial charge is 0.350 e. The zero-order valence-corrected chi connectivity index (χ0v) is 15.6. The number of hydrogen-bond acceptors (Lipinski definition) is 4. The van der Waals surface area contributed by atoms with E-state index in [0.717, 1.165) is 12.1 Å². The summed E-state index contributed by atoms with van der Waals surface area (Å²) >= 11 is 0. The van der Waals surface area contributed by atoms with Crippen molar-refractivity contribution in [2.75, 3.05) is 11.9 Å². The highest BCUT2D eigenvalue weighted by atomic mass is 16.1. The van der Waals surface area contributed by atoms with Crippen molar-refractivity contribution < 1.29 is 4.79 Å². The van der Waals surface area contributed by atoms with Gasteiger partial charge in [-0.25, -0.2) is 9.97 Å². The predicted molar refractivity (Wildman–Crippen MR) is 108 cm³/mol. The molecule has 0 bridgehead atoms. The smallest absolute Gasteiger partial charge is 0.270 e. The highest BCUT2D eigenvalue weighted by Gasteiger charge is 2.09. The zero-order valence-electron chi connectivity index (χ0n) is 15.6. The number of carbonyl (C=O) groups is 1. The Morgan fingerprint density at radius 1 is 1.00 bits per heavy atom. The number of amides is 1. The first kappa shape index (κ1) is 18.6. The average Bonchev–Trinajstić information content (AvgIpc) is 2.69. The highest BCUT2D eigenvalue weighted by Crippen LogP contribution is 2.19. The minimum Gasteiger partial charge on any atom is -0.350 e.